The van der Waals surface area contributed by atoms with Crippen LogP contribution in [-0.4, -0.2) is 53.8 Å². The van der Waals surface area contributed by atoms with E-state index >= 15 is 0 Å². The zero-order chi connectivity index (χ0) is 18.2. The van der Waals surface area contributed by atoms with E-state index in [0.717, 1.165) is 12.3 Å². The molecule has 138 valence electrons. The topological polar surface area (TPSA) is 77.5 Å². The Labute approximate surface area is 147 Å². The average molecular weight is 379 g/mol. The van der Waals surface area contributed by atoms with Gasteiger partial charge in [0.25, 0.3) is 0 Å². The molecular formula is C15H18ClF3N4O2. The summed E-state index contributed by atoms with van der Waals surface area (Å²) >= 11 is 5.96. The number of nitrogens with one attached hydrogen (secondary N) is 2. The average Bonchev–Trinajstić information content (AvgIpc) is 3.15. The predicted octanol–water partition coefficient (Wildman–Crippen LogP) is 1.17. The molecule has 2 fully saturated rings. The number of hydrogen-bond donors (Lipinski definition) is 3. The number of carbonyl (C=O) groups excluding carboxylic acids is 1. The van der Waals surface area contributed by atoms with E-state index in [4.69, 9.17) is 11.6 Å². The molecule has 0 aromatic carbocycles. The van der Waals surface area contributed by atoms with Gasteiger partial charge in [0.05, 0.1) is 22.7 Å². The second-order valence-corrected chi connectivity index (χ2v) is 6.72. The third kappa shape index (κ3) is 4.16. The molecule has 1 aromatic rings. The van der Waals surface area contributed by atoms with Gasteiger partial charge in [-0.1, -0.05) is 11.6 Å². The molecule has 0 saturated carbocycles. The SMILES string of the molecule is O=C(N[C@@H]1CCN(c2ncc(C(F)(F)F)cc2Cl)C1)[C@@H]1C[C@H](O)CN1. The molecule has 2 aliphatic rings. The summed E-state index contributed by atoms with van der Waals surface area (Å²) in [6.07, 6.45) is -3.24. The van der Waals surface area contributed by atoms with Gasteiger partial charge in [0.1, 0.15) is 5.82 Å². The van der Waals surface area contributed by atoms with Crippen LogP contribution in [0, 0.1) is 0 Å². The van der Waals surface area contributed by atoms with Gasteiger partial charge in [-0.15, -0.1) is 0 Å². The quantitative estimate of drug-likeness (QED) is 0.736. The number of alkyl halides is 3. The number of hydrogen-bond acceptors (Lipinski definition) is 5. The summed E-state index contributed by atoms with van der Waals surface area (Å²) in [6.45, 7) is 1.34. The Morgan fingerprint density at radius 1 is 1.48 bits per heavy atom. The van der Waals surface area contributed by atoms with E-state index in [1.807, 2.05) is 0 Å². The van der Waals surface area contributed by atoms with Crippen molar-refractivity contribution in [3.8, 4) is 0 Å². The molecule has 3 rings (SSSR count). The Balaban J connectivity index is 1.60. The van der Waals surface area contributed by atoms with Crippen molar-refractivity contribution in [1.29, 1.82) is 0 Å². The molecule has 0 spiro atoms. The number of rotatable bonds is 3. The summed E-state index contributed by atoms with van der Waals surface area (Å²) in [5.41, 5.74) is -0.892. The highest BCUT2D eigenvalue weighted by atomic mass is 35.5. The van der Waals surface area contributed by atoms with Crippen LogP contribution in [0.1, 0.15) is 18.4 Å². The molecule has 0 unspecified atom stereocenters. The van der Waals surface area contributed by atoms with E-state index in [-0.39, 0.29) is 22.8 Å². The van der Waals surface area contributed by atoms with Crippen molar-refractivity contribution in [3.05, 3.63) is 22.8 Å². The summed E-state index contributed by atoms with van der Waals surface area (Å²) in [5, 5.41) is 15.2. The number of nitrogens with zero attached hydrogens (tertiary/aromatic N) is 2. The van der Waals surface area contributed by atoms with E-state index in [9.17, 15) is 23.1 Å². The van der Waals surface area contributed by atoms with Crippen LogP contribution in [0.25, 0.3) is 0 Å². The fraction of sp³-hybridized carbons (Fsp3) is 0.600. The molecule has 1 amide bonds. The highest BCUT2D eigenvalue weighted by Gasteiger charge is 2.34. The van der Waals surface area contributed by atoms with E-state index in [0.29, 0.717) is 32.5 Å². The Hall–Kier alpha value is -1.58. The highest BCUT2D eigenvalue weighted by molar-refractivity contribution is 6.33. The van der Waals surface area contributed by atoms with Crippen molar-refractivity contribution < 1.29 is 23.1 Å². The number of aromatic nitrogens is 1. The second kappa shape index (κ2) is 6.97. The third-order valence-electron chi connectivity index (χ3n) is 4.41. The van der Waals surface area contributed by atoms with Gasteiger partial charge in [0.2, 0.25) is 5.91 Å². The lowest BCUT2D eigenvalue weighted by Gasteiger charge is -2.20. The van der Waals surface area contributed by atoms with Crippen molar-refractivity contribution in [2.24, 2.45) is 0 Å². The van der Waals surface area contributed by atoms with E-state index in [1.54, 1.807) is 4.90 Å². The number of amides is 1. The highest BCUT2D eigenvalue weighted by Crippen LogP contribution is 2.34. The number of carbonyl (C=O) groups is 1. The van der Waals surface area contributed by atoms with Crippen LogP contribution < -0.4 is 15.5 Å². The summed E-state index contributed by atoms with van der Waals surface area (Å²) in [6, 6.07) is 0.295. The maximum atomic E-state index is 12.7. The molecule has 1 aromatic heterocycles. The zero-order valence-corrected chi connectivity index (χ0v) is 13.9. The minimum atomic E-state index is -4.49. The van der Waals surface area contributed by atoms with Crippen LogP contribution in [0.5, 0.6) is 0 Å². The smallest absolute Gasteiger partial charge is 0.392 e. The molecule has 3 atom stereocenters. The normalized spacial score (nSPS) is 26.9. The molecule has 0 bridgehead atoms. The maximum absolute atomic E-state index is 12.7. The molecular weight excluding hydrogens is 361 g/mol. The second-order valence-electron chi connectivity index (χ2n) is 6.32. The fourth-order valence-electron chi connectivity index (χ4n) is 3.11. The number of β-amino-alcohol motifs (C(OH)–C–C–N with tert-alkyl or cyclic N) is 1. The molecule has 2 saturated heterocycles. The summed E-state index contributed by atoms with van der Waals surface area (Å²) < 4.78 is 38.0. The van der Waals surface area contributed by atoms with Gasteiger partial charge in [0, 0.05) is 31.9 Å². The van der Waals surface area contributed by atoms with E-state index in [2.05, 4.69) is 15.6 Å². The first-order valence-electron chi connectivity index (χ1n) is 7.93. The first-order chi connectivity index (χ1) is 11.7. The summed E-state index contributed by atoms with van der Waals surface area (Å²) in [7, 11) is 0. The van der Waals surface area contributed by atoms with Crippen LogP contribution in [0.3, 0.4) is 0 Å². The summed E-state index contributed by atoms with van der Waals surface area (Å²) in [5.74, 6) is 0.0932. The van der Waals surface area contributed by atoms with Crippen LogP contribution in [0.4, 0.5) is 19.0 Å². The predicted molar refractivity (Wildman–Crippen MR) is 85.4 cm³/mol. The van der Waals surface area contributed by atoms with Gasteiger partial charge in [-0.25, -0.2) is 4.98 Å². The molecule has 0 radical (unpaired) electrons. The zero-order valence-electron chi connectivity index (χ0n) is 13.2. The van der Waals surface area contributed by atoms with Gasteiger partial charge in [0.15, 0.2) is 0 Å². The van der Waals surface area contributed by atoms with Crippen LogP contribution in [0.15, 0.2) is 12.3 Å². The Morgan fingerprint density at radius 2 is 2.24 bits per heavy atom. The van der Waals surface area contributed by atoms with Crippen molar-refractivity contribution in [3.63, 3.8) is 0 Å². The largest absolute Gasteiger partial charge is 0.417 e. The number of anilines is 1. The van der Waals surface area contributed by atoms with Gasteiger partial charge < -0.3 is 20.6 Å². The Bertz CT molecular complexity index is 658. The van der Waals surface area contributed by atoms with Gasteiger partial charge in [-0.05, 0) is 18.9 Å². The van der Waals surface area contributed by atoms with Crippen molar-refractivity contribution >= 4 is 23.3 Å². The first kappa shape index (κ1) is 18.2. The minimum Gasteiger partial charge on any atom is -0.392 e. The maximum Gasteiger partial charge on any atom is 0.417 e. The monoisotopic (exact) mass is 378 g/mol. The lowest BCUT2D eigenvalue weighted by molar-refractivity contribution is -0.137. The molecule has 6 nitrogen and oxygen atoms in total. The molecule has 3 heterocycles. The van der Waals surface area contributed by atoms with Gasteiger partial charge in [-0.3, -0.25) is 4.79 Å². The first-order valence-corrected chi connectivity index (χ1v) is 8.31. The number of aliphatic hydroxyl groups excluding tert-OH is 1. The van der Waals surface area contributed by atoms with Gasteiger partial charge >= 0.3 is 6.18 Å². The number of aliphatic hydroxyl groups is 1. The Kier molecular flexibility index (Phi) is 5.08. The van der Waals surface area contributed by atoms with Crippen LogP contribution >= 0.6 is 11.6 Å². The molecule has 0 aliphatic carbocycles. The number of halogens is 4. The van der Waals surface area contributed by atoms with Crippen LogP contribution in [-0.2, 0) is 11.0 Å². The van der Waals surface area contributed by atoms with Crippen LogP contribution in [0.2, 0.25) is 5.02 Å². The molecule has 10 heteroatoms. The van der Waals surface area contributed by atoms with E-state index < -0.39 is 23.9 Å². The lowest BCUT2D eigenvalue weighted by atomic mass is 10.1. The van der Waals surface area contributed by atoms with Crippen molar-refractivity contribution in [1.82, 2.24) is 15.6 Å². The van der Waals surface area contributed by atoms with Crippen molar-refractivity contribution in [2.75, 3.05) is 24.5 Å². The molecule has 2 aliphatic heterocycles. The lowest BCUT2D eigenvalue weighted by Crippen LogP contribution is -2.46. The third-order valence-corrected chi connectivity index (χ3v) is 4.69. The van der Waals surface area contributed by atoms with Crippen molar-refractivity contribution in [2.45, 2.75) is 37.2 Å². The molecule has 25 heavy (non-hydrogen) atoms. The van der Waals surface area contributed by atoms with E-state index in [1.165, 1.54) is 0 Å². The number of pyridine rings is 1. The molecule has 3 N–H and O–H groups in total. The summed E-state index contributed by atoms with van der Waals surface area (Å²) in [4.78, 5) is 17.7. The minimum absolute atomic E-state index is 0.0672. The standard InChI is InChI=1S/C15H18ClF3N4O2/c16-11-3-8(15(17,18)19)5-21-13(11)23-2-1-9(7-23)22-14(25)12-4-10(24)6-20-12/h3,5,9-10,12,20,24H,1-2,4,6-7H2,(H,22,25)/t9-,10+,12+/m1/s1. The fourth-order valence-corrected chi connectivity index (χ4v) is 3.39. The Morgan fingerprint density at radius 3 is 2.84 bits per heavy atom. The van der Waals surface area contributed by atoms with Gasteiger partial charge in [-0.2, -0.15) is 13.2 Å².